The Morgan fingerprint density at radius 2 is 1.96 bits per heavy atom. The van der Waals surface area contributed by atoms with Gasteiger partial charge in [0.2, 0.25) is 0 Å². The summed E-state index contributed by atoms with van der Waals surface area (Å²) >= 11 is 0. The van der Waals surface area contributed by atoms with Gasteiger partial charge in [-0.1, -0.05) is 17.7 Å². The summed E-state index contributed by atoms with van der Waals surface area (Å²) in [5.41, 5.74) is 2.50. The molecule has 7 heteroatoms. The Hall–Kier alpha value is -2.93. The van der Waals surface area contributed by atoms with Crippen LogP contribution in [0.3, 0.4) is 0 Å². The van der Waals surface area contributed by atoms with Crippen LogP contribution in [0.1, 0.15) is 15.9 Å². The lowest BCUT2D eigenvalue weighted by Gasteiger charge is -2.29. The second-order valence-electron chi connectivity index (χ2n) is 6.02. The smallest absolute Gasteiger partial charge is 0.294 e. The van der Waals surface area contributed by atoms with Gasteiger partial charge in [-0.05, 0) is 31.2 Å². The SMILES string of the molecule is Cc1cccc(C(=O)Nc2ccc(N3CCNCC3)c([N+](=O)[O-])c2)c1. The molecule has 0 aromatic heterocycles. The van der Waals surface area contributed by atoms with Crippen molar-refractivity contribution in [2.45, 2.75) is 6.92 Å². The van der Waals surface area contributed by atoms with E-state index in [2.05, 4.69) is 10.6 Å². The number of hydrogen-bond acceptors (Lipinski definition) is 5. The number of nitro benzene ring substituents is 1. The lowest BCUT2D eigenvalue weighted by Crippen LogP contribution is -2.43. The molecule has 1 aliphatic heterocycles. The molecule has 3 rings (SSSR count). The van der Waals surface area contributed by atoms with Crippen LogP contribution in [0.2, 0.25) is 0 Å². The van der Waals surface area contributed by atoms with Crippen LogP contribution in [0.25, 0.3) is 0 Å². The molecule has 2 aromatic carbocycles. The van der Waals surface area contributed by atoms with Crippen LogP contribution in [-0.4, -0.2) is 37.0 Å². The molecule has 1 saturated heterocycles. The second-order valence-corrected chi connectivity index (χ2v) is 6.02. The molecule has 0 radical (unpaired) electrons. The zero-order valence-electron chi connectivity index (χ0n) is 14.0. The van der Waals surface area contributed by atoms with Gasteiger partial charge in [-0.15, -0.1) is 0 Å². The molecule has 1 amide bonds. The van der Waals surface area contributed by atoms with E-state index >= 15 is 0 Å². The Balaban J connectivity index is 1.84. The molecule has 0 saturated carbocycles. The van der Waals surface area contributed by atoms with Crippen molar-refractivity contribution in [1.29, 1.82) is 0 Å². The standard InChI is InChI=1S/C18H20N4O3/c1-13-3-2-4-14(11-13)18(23)20-15-5-6-16(17(12-15)22(24)25)21-9-7-19-8-10-21/h2-6,11-12,19H,7-10H2,1H3,(H,20,23). The second kappa shape index (κ2) is 7.31. The normalized spacial score (nSPS) is 14.2. The monoisotopic (exact) mass is 340 g/mol. The number of carbonyl (C=O) groups excluding carboxylic acids is 1. The number of nitro groups is 1. The molecule has 0 aliphatic carbocycles. The quantitative estimate of drug-likeness (QED) is 0.660. The van der Waals surface area contributed by atoms with Crippen molar-refractivity contribution in [3.63, 3.8) is 0 Å². The highest BCUT2D eigenvalue weighted by Crippen LogP contribution is 2.31. The van der Waals surface area contributed by atoms with Gasteiger partial charge in [0.05, 0.1) is 4.92 Å². The van der Waals surface area contributed by atoms with E-state index in [4.69, 9.17) is 0 Å². The van der Waals surface area contributed by atoms with Crippen LogP contribution < -0.4 is 15.5 Å². The highest BCUT2D eigenvalue weighted by atomic mass is 16.6. The highest BCUT2D eigenvalue weighted by Gasteiger charge is 2.22. The average molecular weight is 340 g/mol. The molecule has 2 aromatic rings. The molecule has 1 fully saturated rings. The van der Waals surface area contributed by atoms with Crippen molar-refractivity contribution in [2.24, 2.45) is 0 Å². The molecular weight excluding hydrogens is 320 g/mol. The van der Waals surface area contributed by atoms with E-state index in [9.17, 15) is 14.9 Å². The van der Waals surface area contributed by atoms with E-state index in [0.717, 1.165) is 31.7 Å². The van der Waals surface area contributed by atoms with Gasteiger partial charge in [0.25, 0.3) is 11.6 Å². The molecule has 0 bridgehead atoms. The van der Waals surface area contributed by atoms with E-state index in [0.29, 0.717) is 16.9 Å². The van der Waals surface area contributed by atoms with Crippen LogP contribution in [-0.2, 0) is 0 Å². The van der Waals surface area contributed by atoms with E-state index in [1.54, 1.807) is 30.3 Å². The van der Waals surface area contributed by atoms with Crippen LogP contribution in [0.5, 0.6) is 0 Å². The topological polar surface area (TPSA) is 87.5 Å². The lowest BCUT2D eigenvalue weighted by molar-refractivity contribution is -0.384. The fourth-order valence-electron chi connectivity index (χ4n) is 2.91. The molecule has 130 valence electrons. The van der Waals surface area contributed by atoms with Crippen molar-refractivity contribution in [3.8, 4) is 0 Å². The maximum Gasteiger partial charge on any atom is 0.294 e. The number of amides is 1. The van der Waals surface area contributed by atoms with E-state index in [1.165, 1.54) is 6.07 Å². The molecule has 0 atom stereocenters. The third kappa shape index (κ3) is 3.95. The van der Waals surface area contributed by atoms with Crippen LogP contribution in [0.15, 0.2) is 42.5 Å². The zero-order chi connectivity index (χ0) is 17.8. The van der Waals surface area contributed by atoms with Gasteiger partial charge >= 0.3 is 0 Å². The summed E-state index contributed by atoms with van der Waals surface area (Å²) in [6.45, 7) is 4.93. The number of piperazine rings is 1. The van der Waals surface area contributed by atoms with E-state index < -0.39 is 4.92 Å². The minimum Gasteiger partial charge on any atom is -0.363 e. The first-order valence-electron chi connectivity index (χ1n) is 8.17. The Bertz CT molecular complexity index is 801. The molecular formula is C18H20N4O3. The van der Waals surface area contributed by atoms with Gasteiger partial charge in [-0.25, -0.2) is 0 Å². The Labute approximate surface area is 145 Å². The van der Waals surface area contributed by atoms with Crippen molar-refractivity contribution >= 4 is 23.0 Å². The molecule has 1 aliphatic rings. The van der Waals surface area contributed by atoms with Crippen molar-refractivity contribution in [3.05, 3.63) is 63.7 Å². The maximum absolute atomic E-state index is 12.3. The van der Waals surface area contributed by atoms with Gasteiger partial charge in [0.1, 0.15) is 5.69 Å². The number of rotatable bonds is 4. The minimum absolute atomic E-state index is 0.00365. The van der Waals surface area contributed by atoms with E-state index in [1.807, 2.05) is 17.9 Å². The first-order chi connectivity index (χ1) is 12.0. The first kappa shape index (κ1) is 16.9. The fourth-order valence-corrected chi connectivity index (χ4v) is 2.91. The third-order valence-electron chi connectivity index (χ3n) is 4.17. The minimum atomic E-state index is -0.403. The number of aryl methyl sites for hydroxylation is 1. The number of nitrogens with one attached hydrogen (secondary N) is 2. The first-order valence-corrected chi connectivity index (χ1v) is 8.17. The lowest BCUT2D eigenvalue weighted by atomic mass is 10.1. The number of benzene rings is 2. The predicted octanol–water partition coefficient (Wildman–Crippen LogP) is 2.57. The van der Waals surface area contributed by atoms with Gasteiger partial charge in [0, 0.05) is 43.5 Å². The van der Waals surface area contributed by atoms with Gasteiger partial charge in [0.15, 0.2) is 0 Å². The summed E-state index contributed by atoms with van der Waals surface area (Å²) in [7, 11) is 0. The molecule has 7 nitrogen and oxygen atoms in total. The van der Waals surface area contributed by atoms with Crippen molar-refractivity contribution in [2.75, 3.05) is 36.4 Å². The molecule has 2 N–H and O–H groups in total. The molecule has 0 spiro atoms. The van der Waals surface area contributed by atoms with E-state index in [-0.39, 0.29) is 11.6 Å². The summed E-state index contributed by atoms with van der Waals surface area (Å²) < 4.78 is 0. The Kier molecular flexibility index (Phi) is 4.95. The van der Waals surface area contributed by atoms with Crippen LogP contribution in [0, 0.1) is 17.0 Å². The number of hydrogen-bond donors (Lipinski definition) is 2. The summed E-state index contributed by atoms with van der Waals surface area (Å²) in [4.78, 5) is 25.4. The summed E-state index contributed by atoms with van der Waals surface area (Å²) in [6, 6.07) is 12.0. The van der Waals surface area contributed by atoms with Gasteiger partial charge < -0.3 is 15.5 Å². The van der Waals surface area contributed by atoms with Gasteiger partial charge in [-0.3, -0.25) is 14.9 Å². The molecule has 1 heterocycles. The van der Waals surface area contributed by atoms with Crippen molar-refractivity contribution < 1.29 is 9.72 Å². The van der Waals surface area contributed by atoms with Gasteiger partial charge in [-0.2, -0.15) is 0 Å². The largest absolute Gasteiger partial charge is 0.363 e. The molecule has 0 unspecified atom stereocenters. The summed E-state index contributed by atoms with van der Waals surface area (Å²) in [6.07, 6.45) is 0. The number of carbonyl (C=O) groups is 1. The van der Waals surface area contributed by atoms with Crippen LogP contribution >= 0.6 is 0 Å². The third-order valence-corrected chi connectivity index (χ3v) is 4.17. The maximum atomic E-state index is 12.3. The Morgan fingerprint density at radius 3 is 2.64 bits per heavy atom. The number of nitrogens with zero attached hydrogens (tertiary/aromatic N) is 2. The molecule has 25 heavy (non-hydrogen) atoms. The average Bonchev–Trinajstić information content (AvgIpc) is 2.62. The summed E-state index contributed by atoms with van der Waals surface area (Å²) in [5, 5.41) is 17.4. The predicted molar refractivity (Wildman–Crippen MR) is 97.3 cm³/mol. The van der Waals surface area contributed by atoms with Crippen LogP contribution in [0.4, 0.5) is 17.1 Å². The Morgan fingerprint density at radius 1 is 1.20 bits per heavy atom. The fraction of sp³-hybridized carbons (Fsp3) is 0.278. The number of anilines is 2. The zero-order valence-corrected chi connectivity index (χ0v) is 14.0. The van der Waals surface area contributed by atoms with Crippen molar-refractivity contribution in [1.82, 2.24) is 5.32 Å². The summed E-state index contributed by atoms with van der Waals surface area (Å²) in [5.74, 6) is -0.284. The highest BCUT2D eigenvalue weighted by molar-refractivity contribution is 6.04.